The fourth-order valence-electron chi connectivity index (χ4n) is 5.09. The van der Waals surface area contributed by atoms with E-state index >= 15 is 0 Å². The lowest BCUT2D eigenvalue weighted by atomic mass is 9.82. The number of ketones is 3. The monoisotopic (exact) mass is 414 g/mol. The van der Waals surface area contributed by atoms with E-state index in [4.69, 9.17) is 9.47 Å². The normalized spacial score (nSPS) is 25.2. The van der Waals surface area contributed by atoms with Crippen LogP contribution in [0.25, 0.3) is 0 Å². The Morgan fingerprint density at radius 1 is 1.00 bits per heavy atom. The molecule has 1 saturated heterocycles. The molecule has 0 amide bonds. The van der Waals surface area contributed by atoms with Crippen LogP contribution in [0.5, 0.6) is 0 Å². The maximum Gasteiger partial charge on any atom is 0.264 e. The smallest absolute Gasteiger partial charge is 0.264 e. The highest BCUT2D eigenvalue weighted by molar-refractivity contribution is 6.24. The van der Waals surface area contributed by atoms with E-state index in [1.54, 1.807) is 4.57 Å². The van der Waals surface area contributed by atoms with Gasteiger partial charge in [0.25, 0.3) is 5.56 Å². The molecule has 0 N–H and O–H groups in total. The van der Waals surface area contributed by atoms with E-state index in [1.165, 1.54) is 6.20 Å². The van der Waals surface area contributed by atoms with Crippen molar-refractivity contribution in [1.82, 2.24) is 9.55 Å². The fraction of sp³-hybridized carbons (Fsp3) is 0.682. The number of aromatic nitrogens is 2. The molecule has 0 bridgehead atoms. The van der Waals surface area contributed by atoms with Crippen molar-refractivity contribution in [2.45, 2.75) is 75.5 Å². The molecule has 8 heteroatoms. The highest BCUT2D eigenvalue weighted by Crippen LogP contribution is 2.43. The number of carbonyl (C=O) groups excluding carboxylic acids is 3. The van der Waals surface area contributed by atoms with E-state index in [0.29, 0.717) is 51.1 Å². The number of Topliss-reactive ketones (excluding diaryl/α,β-unsaturated/α-hetero) is 3. The van der Waals surface area contributed by atoms with Gasteiger partial charge in [0.1, 0.15) is 17.3 Å². The molecule has 0 radical (unpaired) electrons. The Morgan fingerprint density at radius 3 is 2.23 bits per heavy atom. The summed E-state index contributed by atoms with van der Waals surface area (Å²) in [6, 6.07) is -0.0930. The number of nitrogens with zero attached hydrogens (tertiary/aromatic N) is 2. The molecule has 8 nitrogen and oxygen atoms in total. The maximum atomic E-state index is 13.4. The van der Waals surface area contributed by atoms with E-state index in [1.807, 2.05) is 0 Å². The third-order valence-corrected chi connectivity index (χ3v) is 6.88. The van der Waals surface area contributed by atoms with Crippen LogP contribution in [0.15, 0.2) is 11.0 Å². The Bertz CT molecular complexity index is 931. The van der Waals surface area contributed by atoms with Gasteiger partial charge in [-0.25, -0.2) is 4.98 Å². The van der Waals surface area contributed by atoms with Crippen molar-refractivity contribution < 1.29 is 23.9 Å². The van der Waals surface area contributed by atoms with Crippen LogP contribution in [0, 0.1) is 5.92 Å². The van der Waals surface area contributed by atoms with Gasteiger partial charge in [0, 0.05) is 43.8 Å². The molecule has 3 aliphatic carbocycles. The van der Waals surface area contributed by atoms with Crippen molar-refractivity contribution in [3.05, 3.63) is 27.9 Å². The van der Waals surface area contributed by atoms with Gasteiger partial charge >= 0.3 is 0 Å². The van der Waals surface area contributed by atoms with Crippen molar-refractivity contribution in [1.29, 1.82) is 0 Å². The largest absolute Gasteiger partial charge is 0.348 e. The van der Waals surface area contributed by atoms with Crippen LogP contribution >= 0.6 is 0 Å². The zero-order chi connectivity index (χ0) is 20.9. The minimum absolute atomic E-state index is 0.0930. The average Bonchev–Trinajstić information content (AvgIpc) is 3.48. The number of rotatable bonds is 4. The molecule has 3 saturated carbocycles. The van der Waals surface area contributed by atoms with Gasteiger partial charge in [0.15, 0.2) is 23.1 Å². The van der Waals surface area contributed by atoms with Gasteiger partial charge in [-0.3, -0.25) is 23.7 Å². The molecule has 1 aromatic rings. The highest BCUT2D eigenvalue weighted by Gasteiger charge is 2.43. The van der Waals surface area contributed by atoms with Gasteiger partial charge in [-0.15, -0.1) is 0 Å². The molecule has 4 aliphatic rings. The van der Waals surface area contributed by atoms with Crippen LogP contribution in [-0.2, 0) is 19.1 Å². The second-order valence-electron chi connectivity index (χ2n) is 8.90. The summed E-state index contributed by atoms with van der Waals surface area (Å²) in [5.41, 5.74) is -0.557. The average molecular weight is 414 g/mol. The van der Waals surface area contributed by atoms with Crippen molar-refractivity contribution in [3.8, 4) is 0 Å². The molecule has 1 aliphatic heterocycles. The topological polar surface area (TPSA) is 105 Å². The lowest BCUT2D eigenvalue weighted by Crippen LogP contribution is -2.42. The number of carbonyl (C=O) groups is 3. The molecule has 0 aromatic carbocycles. The summed E-state index contributed by atoms with van der Waals surface area (Å²) in [5, 5.41) is 0. The van der Waals surface area contributed by atoms with Crippen molar-refractivity contribution in [2.75, 3.05) is 13.2 Å². The first-order valence-electron chi connectivity index (χ1n) is 11.0. The zero-order valence-corrected chi connectivity index (χ0v) is 16.9. The molecule has 1 aromatic heterocycles. The van der Waals surface area contributed by atoms with Crippen molar-refractivity contribution in [2.24, 2.45) is 5.92 Å². The third-order valence-electron chi connectivity index (χ3n) is 6.88. The fourth-order valence-corrected chi connectivity index (χ4v) is 5.09. The van der Waals surface area contributed by atoms with Crippen molar-refractivity contribution in [3.63, 3.8) is 0 Å². The van der Waals surface area contributed by atoms with E-state index in [0.717, 1.165) is 12.8 Å². The first-order valence-corrected chi connectivity index (χ1v) is 11.0. The summed E-state index contributed by atoms with van der Waals surface area (Å²) in [6.45, 7) is 1.18. The SMILES string of the molecule is O=C1CCCC(=O)C1C(=O)c1cnc(C2CC2)n(C2CCC3(CC2)OCCO3)c1=O. The molecule has 2 heterocycles. The van der Waals surface area contributed by atoms with Gasteiger partial charge in [0.05, 0.1) is 13.2 Å². The second kappa shape index (κ2) is 7.50. The minimum atomic E-state index is -1.34. The molecule has 0 atom stereocenters. The lowest BCUT2D eigenvalue weighted by Gasteiger charge is -2.36. The van der Waals surface area contributed by atoms with E-state index in [-0.39, 0.29) is 41.9 Å². The van der Waals surface area contributed by atoms with Crippen LogP contribution < -0.4 is 5.56 Å². The van der Waals surface area contributed by atoms with Gasteiger partial charge in [-0.05, 0) is 32.1 Å². The van der Waals surface area contributed by atoms with E-state index < -0.39 is 23.0 Å². The quantitative estimate of drug-likeness (QED) is 0.549. The Hall–Kier alpha value is -2.19. The molecule has 5 rings (SSSR count). The number of hydrogen-bond acceptors (Lipinski definition) is 7. The minimum Gasteiger partial charge on any atom is -0.348 e. The van der Waals surface area contributed by atoms with Crippen LogP contribution in [0.2, 0.25) is 0 Å². The van der Waals surface area contributed by atoms with Gasteiger partial charge in [0.2, 0.25) is 0 Å². The van der Waals surface area contributed by atoms with Crippen LogP contribution in [-0.4, -0.2) is 45.9 Å². The summed E-state index contributed by atoms with van der Waals surface area (Å²) < 4.78 is 13.3. The molecular weight excluding hydrogens is 388 g/mol. The molecule has 0 unspecified atom stereocenters. The summed E-state index contributed by atoms with van der Waals surface area (Å²) >= 11 is 0. The van der Waals surface area contributed by atoms with Gasteiger partial charge in [-0.2, -0.15) is 0 Å². The Kier molecular flexibility index (Phi) is 4.94. The molecule has 4 fully saturated rings. The van der Waals surface area contributed by atoms with E-state index in [9.17, 15) is 19.2 Å². The highest BCUT2D eigenvalue weighted by atomic mass is 16.7. The Balaban J connectivity index is 1.48. The summed E-state index contributed by atoms with van der Waals surface area (Å²) in [7, 11) is 0. The van der Waals surface area contributed by atoms with Crippen LogP contribution in [0.1, 0.15) is 85.9 Å². The molecule has 160 valence electrons. The predicted octanol–water partition coefficient (Wildman–Crippen LogP) is 2.10. The van der Waals surface area contributed by atoms with Crippen LogP contribution in [0.4, 0.5) is 0 Å². The second-order valence-corrected chi connectivity index (χ2v) is 8.90. The predicted molar refractivity (Wildman–Crippen MR) is 104 cm³/mol. The molecule has 30 heavy (non-hydrogen) atoms. The zero-order valence-electron chi connectivity index (χ0n) is 16.9. The lowest BCUT2D eigenvalue weighted by molar-refractivity contribution is -0.181. The standard InChI is InChI=1S/C22H26N2O6/c25-16-2-1-3-17(26)18(16)19(27)15-12-23-20(13-4-5-13)24(21(15)28)14-6-8-22(9-7-14)29-10-11-30-22/h12-14,18H,1-11H2. The summed E-state index contributed by atoms with van der Waals surface area (Å²) in [6.07, 6.45) is 6.88. The van der Waals surface area contributed by atoms with Crippen molar-refractivity contribution >= 4 is 17.3 Å². The van der Waals surface area contributed by atoms with Crippen LogP contribution in [0.3, 0.4) is 0 Å². The first-order chi connectivity index (χ1) is 14.5. The third kappa shape index (κ3) is 3.36. The maximum absolute atomic E-state index is 13.4. The number of ether oxygens (including phenoxy) is 2. The molecular formula is C22H26N2O6. The van der Waals surface area contributed by atoms with Gasteiger partial charge in [-0.1, -0.05) is 0 Å². The Morgan fingerprint density at radius 2 is 1.63 bits per heavy atom. The van der Waals surface area contributed by atoms with E-state index in [2.05, 4.69) is 4.98 Å². The summed E-state index contributed by atoms with van der Waals surface area (Å²) in [5.74, 6) is -2.40. The Labute approximate surface area is 173 Å². The summed E-state index contributed by atoms with van der Waals surface area (Å²) in [4.78, 5) is 55.5. The van der Waals surface area contributed by atoms with Gasteiger partial charge < -0.3 is 9.47 Å². The first kappa shape index (κ1) is 19.8. The molecule has 1 spiro atoms. The number of hydrogen-bond donors (Lipinski definition) is 0.